The third kappa shape index (κ3) is 6.76. The van der Waals surface area contributed by atoms with E-state index in [1.54, 1.807) is 6.92 Å². The van der Waals surface area contributed by atoms with E-state index in [9.17, 15) is 20.1 Å². The highest BCUT2D eigenvalue weighted by atomic mass is 16.7. The number of carbonyl (C=O) groups is 1. The van der Waals surface area contributed by atoms with Gasteiger partial charge in [0.25, 0.3) is 0 Å². The van der Waals surface area contributed by atoms with Crippen molar-refractivity contribution in [1.82, 2.24) is 5.32 Å². The molecule has 1 aliphatic heterocycles. The summed E-state index contributed by atoms with van der Waals surface area (Å²) in [5.41, 5.74) is 2.21. The van der Waals surface area contributed by atoms with Crippen LogP contribution in [-0.4, -0.2) is 71.4 Å². The lowest BCUT2D eigenvalue weighted by Crippen LogP contribution is -2.57. The van der Waals surface area contributed by atoms with Crippen molar-refractivity contribution in [3.05, 3.63) is 11.6 Å². The molecule has 0 aromatic heterocycles. The minimum absolute atomic E-state index is 0.0843. The number of aliphatic hydroxyl groups is 3. The summed E-state index contributed by atoms with van der Waals surface area (Å²) >= 11 is 0. The van der Waals surface area contributed by atoms with Crippen molar-refractivity contribution in [2.45, 2.75) is 149 Å². The molecule has 0 aromatic carbocycles. The second kappa shape index (κ2) is 13.9. The average molecular weight is 620 g/mol. The Hall–Kier alpha value is -1.19. The van der Waals surface area contributed by atoms with Gasteiger partial charge >= 0.3 is 6.09 Å². The molecule has 4 aliphatic carbocycles. The Morgan fingerprint density at radius 2 is 1.80 bits per heavy atom. The molecule has 1 saturated heterocycles. The van der Waals surface area contributed by atoms with Crippen LogP contribution in [0.15, 0.2) is 11.6 Å². The quantitative estimate of drug-likeness (QED) is 0.176. The Balaban J connectivity index is 1.10. The summed E-state index contributed by atoms with van der Waals surface area (Å²) in [5, 5.41) is 32.6. The Labute approximate surface area is 265 Å². The van der Waals surface area contributed by atoms with Gasteiger partial charge in [0.05, 0.1) is 12.7 Å². The van der Waals surface area contributed by atoms with Crippen molar-refractivity contribution in [1.29, 1.82) is 0 Å². The van der Waals surface area contributed by atoms with E-state index in [0.29, 0.717) is 5.41 Å². The lowest BCUT2D eigenvalue weighted by molar-refractivity contribution is -0.292. The summed E-state index contributed by atoms with van der Waals surface area (Å²) in [6, 6.07) is 0. The maximum absolute atomic E-state index is 12.6. The Kier molecular flexibility index (Phi) is 10.8. The summed E-state index contributed by atoms with van der Waals surface area (Å²) in [6.07, 6.45) is 9.94. The summed E-state index contributed by atoms with van der Waals surface area (Å²) in [5.74, 6) is 4.87. The SMILES string of the molecule is CC(C)CCCC(C)C1CCC2C3CC=C4CC(OC(=O)NCCO[C@H]5OC(C)[C@@H](O)C(O)[C@H]5O)CC[C@]4(C)C3CC[C@]12C. The predicted molar refractivity (Wildman–Crippen MR) is 170 cm³/mol. The fraction of sp³-hybridized carbons (Fsp3) is 0.917. The van der Waals surface area contributed by atoms with Crippen LogP contribution in [0.3, 0.4) is 0 Å². The first-order chi connectivity index (χ1) is 20.8. The molecule has 0 aromatic rings. The van der Waals surface area contributed by atoms with E-state index >= 15 is 0 Å². The Bertz CT molecular complexity index is 1020. The summed E-state index contributed by atoms with van der Waals surface area (Å²) in [6.45, 7) is 14.3. The van der Waals surface area contributed by atoms with Crippen molar-refractivity contribution < 1.29 is 34.3 Å². The van der Waals surface area contributed by atoms with E-state index in [4.69, 9.17) is 14.2 Å². The second-order valence-electron chi connectivity index (χ2n) is 16.0. The maximum atomic E-state index is 12.6. The van der Waals surface area contributed by atoms with Crippen LogP contribution in [0.1, 0.15) is 112 Å². The smallest absolute Gasteiger partial charge is 0.407 e. The molecule has 8 unspecified atom stereocenters. The van der Waals surface area contributed by atoms with E-state index < -0.39 is 36.8 Å². The van der Waals surface area contributed by atoms with Gasteiger partial charge in [0.1, 0.15) is 24.4 Å². The zero-order valence-corrected chi connectivity index (χ0v) is 28.2. The number of rotatable bonds is 10. The monoisotopic (exact) mass is 619 g/mol. The van der Waals surface area contributed by atoms with Crippen molar-refractivity contribution in [2.75, 3.05) is 13.2 Å². The highest BCUT2D eigenvalue weighted by Crippen LogP contribution is 2.67. The van der Waals surface area contributed by atoms with Crippen LogP contribution in [0.4, 0.5) is 4.79 Å². The van der Waals surface area contributed by atoms with Crippen molar-refractivity contribution in [2.24, 2.45) is 46.3 Å². The Morgan fingerprint density at radius 3 is 2.55 bits per heavy atom. The maximum Gasteiger partial charge on any atom is 0.407 e. The predicted octanol–water partition coefficient (Wildman–Crippen LogP) is 5.97. The van der Waals surface area contributed by atoms with Gasteiger partial charge in [-0.25, -0.2) is 4.79 Å². The van der Waals surface area contributed by atoms with Gasteiger partial charge in [-0.15, -0.1) is 0 Å². The average Bonchev–Trinajstić information content (AvgIpc) is 3.34. The summed E-state index contributed by atoms with van der Waals surface area (Å²) < 4.78 is 16.8. The number of allylic oxidation sites excluding steroid dienone is 1. The molecule has 3 saturated carbocycles. The first kappa shape index (κ1) is 34.2. The highest BCUT2D eigenvalue weighted by Gasteiger charge is 2.59. The number of amides is 1. The van der Waals surface area contributed by atoms with Gasteiger partial charge in [0, 0.05) is 13.0 Å². The number of alkyl carbamates (subject to hydrolysis) is 1. The first-order valence-corrected chi connectivity index (χ1v) is 17.8. The highest BCUT2D eigenvalue weighted by molar-refractivity contribution is 5.67. The molecule has 1 amide bonds. The van der Waals surface area contributed by atoms with E-state index in [-0.39, 0.29) is 24.7 Å². The van der Waals surface area contributed by atoms with Crippen LogP contribution in [-0.2, 0) is 14.2 Å². The normalized spacial score (nSPS) is 44.3. The zero-order valence-electron chi connectivity index (χ0n) is 28.2. The number of hydrogen-bond donors (Lipinski definition) is 4. The molecule has 1 heterocycles. The number of ether oxygens (including phenoxy) is 3. The number of carbonyl (C=O) groups excluding carboxylic acids is 1. The molecule has 5 rings (SSSR count). The lowest BCUT2D eigenvalue weighted by atomic mass is 9.47. The van der Waals surface area contributed by atoms with Gasteiger partial charge in [0.15, 0.2) is 6.29 Å². The topological polar surface area (TPSA) is 117 Å². The number of aliphatic hydroxyl groups excluding tert-OH is 3. The Morgan fingerprint density at radius 1 is 1.02 bits per heavy atom. The van der Waals surface area contributed by atoms with Crippen LogP contribution in [0, 0.1) is 46.3 Å². The van der Waals surface area contributed by atoms with Crippen LogP contribution in [0.5, 0.6) is 0 Å². The molecule has 8 heteroatoms. The largest absolute Gasteiger partial charge is 0.446 e. The summed E-state index contributed by atoms with van der Waals surface area (Å²) in [7, 11) is 0. The molecule has 5 aliphatic rings. The minimum atomic E-state index is -1.36. The van der Waals surface area contributed by atoms with Crippen molar-refractivity contribution >= 4 is 6.09 Å². The van der Waals surface area contributed by atoms with E-state index in [0.717, 1.165) is 54.8 Å². The second-order valence-corrected chi connectivity index (χ2v) is 16.0. The molecule has 8 nitrogen and oxygen atoms in total. The first-order valence-electron chi connectivity index (χ1n) is 17.8. The van der Waals surface area contributed by atoms with Gasteiger partial charge in [-0.3, -0.25) is 0 Å². The molecular formula is C36H61NO7. The van der Waals surface area contributed by atoms with Crippen LogP contribution < -0.4 is 5.32 Å². The fourth-order valence-electron chi connectivity index (χ4n) is 10.4. The van der Waals surface area contributed by atoms with Crippen LogP contribution in [0.25, 0.3) is 0 Å². The third-order valence-corrected chi connectivity index (χ3v) is 13.0. The molecule has 13 atom stereocenters. The van der Waals surface area contributed by atoms with Crippen molar-refractivity contribution in [3.63, 3.8) is 0 Å². The molecular weight excluding hydrogens is 558 g/mol. The standard InChI is InChI=1S/C36H61NO7/c1-21(2)8-7-9-22(3)27-12-13-28-26-11-10-24-20-25(14-16-35(24,5)29(26)15-17-36(27,28)6)44-34(41)37-18-19-42-33-32(40)31(39)30(38)23(4)43-33/h10,21-23,25-33,38-40H,7-9,11-20H2,1-6H3,(H,37,41)/t22?,23?,25?,26?,27?,28?,29?,30-,31?,32-,33+,35+,36-/m1/s1. The zero-order chi connectivity index (χ0) is 31.8. The lowest BCUT2D eigenvalue weighted by Gasteiger charge is -2.58. The summed E-state index contributed by atoms with van der Waals surface area (Å²) in [4.78, 5) is 12.6. The number of fused-ring (bicyclic) bond motifs is 5. The molecule has 44 heavy (non-hydrogen) atoms. The molecule has 0 spiro atoms. The van der Waals surface area contributed by atoms with Gasteiger partial charge in [-0.05, 0) is 98.2 Å². The molecule has 4 fully saturated rings. The number of hydrogen-bond acceptors (Lipinski definition) is 7. The molecule has 252 valence electrons. The van der Waals surface area contributed by atoms with E-state index in [1.165, 1.54) is 56.9 Å². The van der Waals surface area contributed by atoms with Crippen LogP contribution in [0.2, 0.25) is 0 Å². The number of nitrogens with one attached hydrogen (secondary N) is 1. The fourth-order valence-corrected chi connectivity index (χ4v) is 10.4. The molecule has 0 bridgehead atoms. The molecule has 0 radical (unpaired) electrons. The molecule has 4 N–H and O–H groups in total. The van der Waals surface area contributed by atoms with Gasteiger partial charge in [-0.2, -0.15) is 0 Å². The van der Waals surface area contributed by atoms with Gasteiger partial charge in [-0.1, -0.05) is 65.5 Å². The van der Waals surface area contributed by atoms with Crippen LogP contribution >= 0.6 is 0 Å². The minimum Gasteiger partial charge on any atom is -0.446 e. The van der Waals surface area contributed by atoms with Gasteiger partial charge < -0.3 is 34.8 Å². The van der Waals surface area contributed by atoms with Crippen molar-refractivity contribution in [3.8, 4) is 0 Å². The third-order valence-electron chi connectivity index (χ3n) is 13.0. The van der Waals surface area contributed by atoms with E-state index in [1.807, 2.05) is 0 Å². The van der Waals surface area contributed by atoms with Gasteiger partial charge in [0.2, 0.25) is 0 Å². The van der Waals surface area contributed by atoms with E-state index in [2.05, 4.69) is 46.0 Å².